The molecule has 0 atom stereocenters. The molecule has 0 saturated carbocycles. The van der Waals surface area contributed by atoms with Crippen molar-refractivity contribution < 1.29 is 4.74 Å². The summed E-state index contributed by atoms with van der Waals surface area (Å²) in [6.07, 6.45) is 1.68. The van der Waals surface area contributed by atoms with Gasteiger partial charge >= 0.3 is 0 Å². The molecule has 2 aromatic rings. The van der Waals surface area contributed by atoms with Crippen molar-refractivity contribution >= 4 is 33.2 Å². The lowest BCUT2D eigenvalue weighted by Gasteiger charge is -2.16. The highest BCUT2D eigenvalue weighted by molar-refractivity contribution is 9.10. The minimum Gasteiger partial charge on any atom is -0.480 e. The number of nitrogens with zero attached hydrogens (tertiary/aromatic N) is 4. The number of hydrogen-bond acceptors (Lipinski definition) is 6. The Morgan fingerprint density at radius 1 is 1.47 bits per heavy atom. The highest BCUT2D eigenvalue weighted by Crippen LogP contribution is 2.23. The predicted molar refractivity (Wildman–Crippen MR) is 70.5 cm³/mol. The normalized spacial score (nSPS) is 10.3. The van der Waals surface area contributed by atoms with Crippen LogP contribution in [0.25, 0.3) is 0 Å². The number of thiazole rings is 1. The number of methoxy groups -OCH3 is 1. The van der Waals surface area contributed by atoms with Crippen LogP contribution in [0.3, 0.4) is 0 Å². The zero-order valence-corrected chi connectivity index (χ0v) is 11.8. The Hall–Kier alpha value is -1.21. The molecule has 0 radical (unpaired) electrons. The van der Waals surface area contributed by atoms with Gasteiger partial charge in [0.1, 0.15) is 0 Å². The van der Waals surface area contributed by atoms with Crippen molar-refractivity contribution in [3.05, 3.63) is 27.3 Å². The maximum atomic E-state index is 5.13. The van der Waals surface area contributed by atoms with Crippen molar-refractivity contribution in [2.75, 3.05) is 19.1 Å². The number of ether oxygens (including phenoxy) is 1. The summed E-state index contributed by atoms with van der Waals surface area (Å²) in [6.45, 7) is 0.675. The third-order valence-corrected chi connectivity index (χ3v) is 3.30. The Morgan fingerprint density at radius 2 is 2.29 bits per heavy atom. The molecule has 0 aromatic carbocycles. The molecule has 0 saturated heterocycles. The first-order valence-corrected chi connectivity index (χ1v) is 6.59. The number of rotatable bonds is 4. The van der Waals surface area contributed by atoms with Gasteiger partial charge in [-0.2, -0.15) is 4.98 Å². The van der Waals surface area contributed by atoms with E-state index in [0.29, 0.717) is 18.4 Å². The third-order valence-electron chi connectivity index (χ3n) is 2.12. The molecule has 0 fully saturated rings. The monoisotopic (exact) mass is 314 g/mol. The predicted octanol–water partition coefficient (Wildman–Crippen LogP) is 2.34. The van der Waals surface area contributed by atoms with E-state index in [1.54, 1.807) is 24.6 Å². The zero-order chi connectivity index (χ0) is 12.3. The molecule has 0 aliphatic rings. The summed E-state index contributed by atoms with van der Waals surface area (Å²) >= 11 is 4.90. The summed E-state index contributed by atoms with van der Waals surface area (Å²) < 4.78 is 5.87. The molecule has 0 unspecified atom stereocenters. The maximum absolute atomic E-state index is 5.13. The first kappa shape index (κ1) is 12.3. The van der Waals surface area contributed by atoms with Crippen molar-refractivity contribution in [1.82, 2.24) is 15.0 Å². The standard InChI is InChI=1S/C10H11BrN4OS/c1-15(4-7-5-17-6-13-7)10-12-3-8(11)9(14-10)16-2/h3,5-6H,4H2,1-2H3. The fourth-order valence-electron chi connectivity index (χ4n) is 1.30. The quantitative estimate of drug-likeness (QED) is 0.867. The van der Waals surface area contributed by atoms with Crippen molar-refractivity contribution in [3.63, 3.8) is 0 Å². The average molecular weight is 315 g/mol. The highest BCUT2D eigenvalue weighted by Gasteiger charge is 2.10. The lowest BCUT2D eigenvalue weighted by atomic mass is 10.4. The Bertz CT molecular complexity index is 491. The van der Waals surface area contributed by atoms with Gasteiger partial charge in [0.05, 0.1) is 35.5 Å². The van der Waals surface area contributed by atoms with E-state index in [-0.39, 0.29) is 0 Å². The lowest BCUT2D eigenvalue weighted by molar-refractivity contribution is 0.394. The summed E-state index contributed by atoms with van der Waals surface area (Å²) in [4.78, 5) is 14.7. The minimum absolute atomic E-state index is 0.528. The van der Waals surface area contributed by atoms with Gasteiger partial charge in [-0.1, -0.05) is 0 Å². The van der Waals surface area contributed by atoms with Crippen molar-refractivity contribution in [1.29, 1.82) is 0 Å². The van der Waals surface area contributed by atoms with Crippen LogP contribution in [-0.4, -0.2) is 29.1 Å². The second-order valence-corrected chi connectivity index (χ2v) is 4.94. The van der Waals surface area contributed by atoms with Crippen LogP contribution >= 0.6 is 27.3 Å². The first-order chi connectivity index (χ1) is 8.20. The van der Waals surface area contributed by atoms with Gasteiger partial charge in [-0.3, -0.25) is 0 Å². The molecule has 0 aliphatic heterocycles. The van der Waals surface area contributed by atoms with Crippen LogP contribution in [0.5, 0.6) is 5.88 Å². The van der Waals surface area contributed by atoms with Crippen molar-refractivity contribution in [2.45, 2.75) is 6.54 Å². The molecule has 0 spiro atoms. The Kier molecular flexibility index (Phi) is 3.90. The fraction of sp³-hybridized carbons (Fsp3) is 0.300. The minimum atomic E-state index is 0.528. The summed E-state index contributed by atoms with van der Waals surface area (Å²) in [5.74, 6) is 1.14. The van der Waals surface area contributed by atoms with E-state index in [9.17, 15) is 0 Å². The molecule has 0 amide bonds. The molecule has 90 valence electrons. The third kappa shape index (κ3) is 2.92. The van der Waals surface area contributed by atoms with Gasteiger partial charge in [-0.15, -0.1) is 11.3 Å². The molecule has 2 heterocycles. The van der Waals surface area contributed by atoms with Crippen LogP contribution in [0.1, 0.15) is 5.69 Å². The van der Waals surface area contributed by atoms with Gasteiger partial charge in [0.2, 0.25) is 11.8 Å². The summed E-state index contributed by atoms with van der Waals surface area (Å²) in [5, 5.41) is 2.01. The summed E-state index contributed by atoms with van der Waals surface area (Å²) in [6, 6.07) is 0. The van der Waals surface area contributed by atoms with Crippen LogP contribution < -0.4 is 9.64 Å². The van der Waals surface area contributed by atoms with Crippen molar-refractivity contribution in [3.8, 4) is 5.88 Å². The van der Waals surface area contributed by atoms with Crippen LogP contribution in [0.15, 0.2) is 21.6 Å². The molecule has 2 rings (SSSR count). The second kappa shape index (κ2) is 5.42. The largest absolute Gasteiger partial charge is 0.480 e. The molecule has 0 bridgehead atoms. The molecule has 0 N–H and O–H groups in total. The van der Waals surface area contributed by atoms with E-state index in [2.05, 4.69) is 30.9 Å². The molecule has 5 nitrogen and oxygen atoms in total. The van der Waals surface area contributed by atoms with Gasteiger partial charge in [0.25, 0.3) is 0 Å². The average Bonchev–Trinajstić information content (AvgIpc) is 2.82. The second-order valence-electron chi connectivity index (χ2n) is 3.36. The molecule has 17 heavy (non-hydrogen) atoms. The molecule has 7 heteroatoms. The Balaban J connectivity index is 2.16. The van der Waals surface area contributed by atoms with E-state index in [0.717, 1.165) is 10.2 Å². The van der Waals surface area contributed by atoms with E-state index < -0.39 is 0 Å². The van der Waals surface area contributed by atoms with Gasteiger partial charge in [0.15, 0.2) is 0 Å². The fourth-order valence-corrected chi connectivity index (χ4v) is 2.20. The highest BCUT2D eigenvalue weighted by atomic mass is 79.9. The van der Waals surface area contributed by atoms with E-state index in [1.807, 2.05) is 22.8 Å². The number of anilines is 1. The van der Waals surface area contributed by atoms with Gasteiger partial charge < -0.3 is 9.64 Å². The van der Waals surface area contributed by atoms with Crippen LogP contribution in [0.4, 0.5) is 5.95 Å². The summed E-state index contributed by atoms with van der Waals surface area (Å²) in [7, 11) is 3.50. The number of hydrogen-bond donors (Lipinski definition) is 0. The number of aromatic nitrogens is 3. The Morgan fingerprint density at radius 3 is 2.94 bits per heavy atom. The van der Waals surface area contributed by atoms with E-state index >= 15 is 0 Å². The van der Waals surface area contributed by atoms with E-state index in [4.69, 9.17) is 4.74 Å². The molecule has 0 aliphatic carbocycles. The topological polar surface area (TPSA) is 51.1 Å². The molecule has 2 aromatic heterocycles. The van der Waals surface area contributed by atoms with Crippen molar-refractivity contribution in [2.24, 2.45) is 0 Å². The Labute approximate surface area is 112 Å². The zero-order valence-electron chi connectivity index (χ0n) is 9.42. The molecular weight excluding hydrogens is 304 g/mol. The van der Waals surface area contributed by atoms with Gasteiger partial charge in [-0.25, -0.2) is 9.97 Å². The molecular formula is C10H11BrN4OS. The van der Waals surface area contributed by atoms with Crippen LogP contribution in [0, 0.1) is 0 Å². The smallest absolute Gasteiger partial charge is 0.232 e. The van der Waals surface area contributed by atoms with Crippen LogP contribution in [0.2, 0.25) is 0 Å². The first-order valence-electron chi connectivity index (χ1n) is 4.85. The van der Waals surface area contributed by atoms with E-state index in [1.165, 1.54) is 0 Å². The van der Waals surface area contributed by atoms with Gasteiger partial charge in [0, 0.05) is 12.4 Å². The lowest BCUT2D eigenvalue weighted by Crippen LogP contribution is -2.19. The van der Waals surface area contributed by atoms with Gasteiger partial charge in [-0.05, 0) is 15.9 Å². The van der Waals surface area contributed by atoms with Crippen LogP contribution in [-0.2, 0) is 6.54 Å². The summed E-state index contributed by atoms with van der Waals surface area (Å²) in [5.41, 5.74) is 2.81. The maximum Gasteiger partial charge on any atom is 0.232 e. The SMILES string of the molecule is COc1nc(N(C)Cc2cscn2)ncc1Br. The number of halogens is 1.